The summed E-state index contributed by atoms with van der Waals surface area (Å²) in [6.07, 6.45) is 3.90. The number of imidazole rings is 1. The molecule has 0 aliphatic carbocycles. The van der Waals surface area contributed by atoms with Crippen molar-refractivity contribution in [1.82, 2.24) is 4.98 Å². The Labute approximate surface area is 150 Å². The molecule has 1 aromatic heterocycles. The van der Waals surface area contributed by atoms with Crippen molar-refractivity contribution in [2.75, 3.05) is 0 Å². The van der Waals surface area contributed by atoms with E-state index in [1.54, 1.807) is 0 Å². The zero-order chi connectivity index (χ0) is 15.0. The molecule has 0 radical (unpaired) electrons. The van der Waals surface area contributed by atoms with Crippen LogP contribution in [0.3, 0.4) is 0 Å². The summed E-state index contributed by atoms with van der Waals surface area (Å²) in [5.74, 6) is 0. The van der Waals surface area contributed by atoms with Crippen molar-refractivity contribution in [3.63, 3.8) is 0 Å². The van der Waals surface area contributed by atoms with Crippen LogP contribution in [0.15, 0.2) is 36.7 Å². The van der Waals surface area contributed by atoms with E-state index in [0.717, 1.165) is 18.5 Å². The van der Waals surface area contributed by atoms with E-state index in [-0.39, 0.29) is 17.0 Å². The molecule has 0 spiro atoms. The molecule has 3 rings (SSSR count). The monoisotopic (exact) mass is 398 g/mol. The molecule has 116 valence electrons. The summed E-state index contributed by atoms with van der Waals surface area (Å²) in [4.78, 5) is 2.98. The highest BCUT2D eigenvalue weighted by Crippen LogP contribution is 2.29. The van der Waals surface area contributed by atoms with Crippen molar-refractivity contribution in [3.05, 3.63) is 58.1 Å². The van der Waals surface area contributed by atoms with E-state index in [9.17, 15) is 0 Å². The fourth-order valence-corrected chi connectivity index (χ4v) is 3.24. The number of benzene rings is 2. The Morgan fingerprint density at radius 2 is 1.91 bits per heavy atom. The number of nitrogens with zero attached hydrogens (tertiary/aromatic N) is 1. The first kappa shape index (κ1) is 17.3. The van der Waals surface area contributed by atoms with Gasteiger partial charge in [-0.05, 0) is 58.9 Å². The van der Waals surface area contributed by atoms with Gasteiger partial charge in [-0.1, -0.05) is 37.6 Å². The van der Waals surface area contributed by atoms with Crippen molar-refractivity contribution in [1.29, 1.82) is 0 Å². The van der Waals surface area contributed by atoms with Crippen LogP contribution in [0, 0.1) is 6.92 Å². The average Bonchev–Trinajstić information content (AvgIpc) is 2.80. The van der Waals surface area contributed by atoms with Crippen LogP contribution in [0.2, 0.25) is 10.3 Å². The van der Waals surface area contributed by atoms with E-state index < -0.39 is 0 Å². The van der Waals surface area contributed by atoms with E-state index in [0.29, 0.717) is 10.3 Å². The molecule has 0 aliphatic heterocycles. The van der Waals surface area contributed by atoms with Crippen LogP contribution in [0.4, 0.5) is 0 Å². The molecule has 0 amide bonds. The molecule has 1 heterocycles. The maximum Gasteiger partial charge on any atom is 0.260 e. The third-order valence-corrected chi connectivity index (χ3v) is 4.53. The molecule has 0 unspecified atom stereocenters. The minimum absolute atomic E-state index is 0. The van der Waals surface area contributed by atoms with Gasteiger partial charge in [0.05, 0.1) is 0 Å². The molecular weight excluding hydrogens is 383 g/mol. The third kappa shape index (κ3) is 2.90. The van der Waals surface area contributed by atoms with Gasteiger partial charge in [-0.15, -0.1) is 0 Å². The first-order chi connectivity index (χ1) is 10.1. The maximum atomic E-state index is 6.34. The normalized spacial score (nSPS) is 10.7. The fraction of sp³-hybridized carbons (Fsp3) is 0.235. The van der Waals surface area contributed by atoms with Gasteiger partial charge >= 0.3 is 0 Å². The summed E-state index contributed by atoms with van der Waals surface area (Å²) >= 11 is 12.4. The molecule has 2 nitrogen and oxygen atoms in total. The van der Waals surface area contributed by atoms with Gasteiger partial charge in [0.1, 0.15) is 5.69 Å². The van der Waals surface area contributed by atoms with Crippen LogP contribution in [-0.2, 0) is 6.42 Å². The molecule has 2 aromatic carbocycles. The predicted molar refractivity (Wildman–Crippen MR) is 88.6 cm³/mol. The lowest BCUT2D eigenvalue weighted by Gasteiger charge is -2.13. The second kappa shape index (κ2) is 7.03. The van der Waals surface area contributed by atoms with Gasteiger partial charge in [-0.2, -0.15) is 4.57 Å². The van der Waals surface area contributed by atoms with E-state index in [1.165, 1.54) is 21.9 Å². The highest BCUT2D eigenvalue weighted by molar-refractivity contribution is 6.39. The van der Waals surface area contributed by atoms with Gasteiger partial charge in [0, 0.05) is 5.56 Å². The topological polar surface area (TPSA) is 19.7 Å². The summed E-state index contributed by atoms with van der Waals surface area (Å²) in [5.41, 5.74) is 3.64. The van der Waals surface area contributed by atoms with Gasteiger partial charge in [0.25, 0.3) is 10.3 Å². The molecule has 0 saturated carbocycles. The van der Waals surface area contributed by atoms with Crippen LogP contribution < -0.4 is 21.5 Å². The Morgan fingerprint density at radius 3 is 2.55 bits per heavy atom. The second-order valence-corrected chi connectivity index (χ2v) is 5.98. The smallest absolute Gasteiger partial charge is 0.260 e. The molecule has 0 saturated heterocycles. The molecule has 1 N–H and O–H groups in total. The van der Waals surface area contributed by atoms with Gasteiger partial charge in [-0.3, -0.25) is 0 Å². The standard InChI is InChI=1S/C17H16Cl2N2.BrH/c1-3-6-14-13-8-5-4-7-12(13)9-11(2)15(14)21-10-20-16(18)17(21)19;/h4-5,7-10H,3,6H2,1-2H3;1H. The van der Waals surface area contributed by atoms with Crippen LogP contribution in [0.1, 0.15) is 24.5 Å². The lowest BCUT2D eigenvalue weighted by atomic mass is 9.95. The highest BCUT2D eigenvalue weighted by Gasteiger charge is 2.22. The number of halogens is 3. The van der Waals surface area contributed by atoms with Crippen molar-refractivity contribution in [3.8, 4) is 5.69 Å². The predicted octanol–water partition coefficient (Wildman–Crippen LogP) is 2.02. The highest BCUT2D eigenvalue weighted by atomic mass is 79.9. The Hall–Kier alpha value is -1.03. The summed E-state index contributed by atoms with van der Waals surface area (Å²) in [5, 5.41) is 3.53. The number of aryl methyl sites for hydroxylation is 2. The second-order valence-electron chi connectivity index (χ2n) is 5.24. The summed E-state index contributed by atoms with van der Waals surface area (Å²) < 4.78 is 1.94. The third-order valence-electron chi connectivity index (χ3n) is 3.77. The molecule has 3 aromatic rings. The number of aromatic nitrogens is 2. The first-order valence-corrected chi connectivity index (χ1v) is 7.84. The minimum atomic E-state index is 0. The Morgan fingerprint density at radius 1 is 1.18 bits per heavy atom. The lowest BCUT2D eigenvalue weighted by molar-refractivity contribution is -0.592. The zero-order valence-electron chi connectivity index (χ0n) is 12.5. The number of H-pyrrole nitrogens is 1. The van der Waals surface area contributed by atoms with E-state index in [4.69, 9.17) is 23.2 Å². The number of aromatic amines is 1. The van der Waals surface area contributed by atoms with Crippen molar-refractivity contribution in [2.24, 2.45) is 0 Å². The number of fused-ring (bicyclic) bond motifs is 1. The summed E-state index contributed by atoms with van der Waals surface area (Å²) in [6, 6.07) is 10.7. The van der Waals surface area contributed by atoms with Crippen molar-refractivity contribution in [2.45, 2.75) is 26.7 Å². The van der Waals surface area contributed by atoms with Gasteiger partial charge < -0.3 is 17.0 Å². The molecule has 0 atom stereocenters. The Balaban J connectivity index is 0.00000176. The van der Waals surface area contributed by atoms with Crippen LogP contribution in [0.25, 0.3) is 16.5 Å². The lowest BCUT2D eigenvalue weighted by Crippen LogP contribution is -3.00. The van der Waals surface area contributed by atoms with E-state index in [2.05, 4.69) is 49.2 Å². The van der Waals surface area contributed by atoms with E-state index >= 15 is 0 Å². The molecule has 22 heavy (non-hydrogen) atoms. The van der Waals surface area contributed by atoms with Crippen LogP contribution in [0.5, 0.6) is 0 Å². The van der Waals surface area contributed by atoms with Gasteiger partial charge in [0.2, 0.25) is 6.33 Å². The number of hydrogen-bond donors (Lipinski definition) is 1. The molecule has 0 fully saturated rings. The number of nitrogens with one attached hydrogen (secondary N) is 1. The minimum Gasteiger partial charge on any atom is -1.00 e. The summed E-state index contributed by atoms with van der Waals surface area (Å²) in [7, 11) is 0. The summed E-state index contributed by atoms with van der Waals surface area (Å²) in [6.45, 7) is 4.31. The molecular formula is C17H17BrCl2N2. The number of hydrogen-bond acceptors (Lipinski definition) is 0. The van der Waals surface area contributed by atoms with Crippen LogP contribution >= 0.6 is 23.2 Å². The number of rotatable bonds is 3. The van der Waals surface area contributed by atoms with Gasteiger partial charge in [-0.25, -0.2) is 4.98 Å². The SMILES string of the molecule is CCCc1c(-[n+]2c[nH]c(Cl)c2Cl)c(C)cc2ccccc12.[Br-]. The maximum absolute atomic E-state index is 6.34. The Bertz CT molecular complexity index is 812. The quantitative estimate of drug-likeness (QED) is 0.650. The zero-order valence-corrected chi connectivity index (χ0v) is 15.6. The van der Waals surface area contributed by atoms with Crippen molar-refractivity contribution >= 4 is 34.0 Å². The van der Waals surface area contributed by atoms with Gasteiger partial charge in [0.15, 0.2) is 0 Å². The van der Waals surface area contributed by atoms with Crippen molar-refractivity contribution < 1.29 is 21.5 Å². The Kier molecular flexibility index (Phi) is 5.54. The average molecular weight is 400 g/mol. The molecule has 0 aliphatic rings. The molecule has 5 heteroatoms. The largest absolute Gasteiger partial charge is 1.00 e. The first-order valence-electron chi connectivity index (χ1n) is 7.09. The fourth-order valence-electron chi connectivity index (χ4n) is 2.91. The van der Waals surface area contributed by atoms with E-state index in [1.807, 2.05) is 10.9 Å². The van der Waals surface area contributed by atoms with Crippen LogP contribution in [-0.4, -0.2) is 4.98 Å². The molecule has 0 bridgehead atoms.